The predicted molar refractivity (Wildman–Crippen MR) is 114 cm³/mol. The van der Waals surface area contributed by atoms with Crippen molar-refractivity contribution in [2.75, 3.05) is 37.6 Å². The monoisotopic (exact) mass is 387 g/mol. The molecule has 148 valence electrons. The molecule has 0 radical (unpaired) electrons. The number of fused-ring (bicyclic) bond motifs is 1. The molecule has 0 aliphatic carbocycles. The summed E-state index contributed by atoms with van der Waals surface area (Å²) < 4.78 is 4.30. The van der Waals surface area contributed by atoms with E-state index < -0.39 is 0 Å². The number of hydrogen-bond acceptors (Lipinski definition) is 5. The summed E-state index contributed by atoms with van der Waals surface area (Å²) >= 11 is 0. The molecule has 7 nitrogen and oxygen atoms in total. The van der Waals surface area contributed by atoms with Gasteiger partial charge in [0.2, 0.25) is 0 Å². The van der Waals surface area contributed by atoms with Gasteiger partial charge in [-0.15, -0.1) is 10.2 Å². The molecule has 0 saturated carbocycles. The molecule has 7 heteroatoms. The van der Waals surface area contributed by atoms with Crippen LogP contribution in [-0.4, -0.2) is 61.9 Å². The maximum absolute atomic E-state index is 4.47. The van der Waals surface area contributed by atoms with Gasteiger partial charge in [-0.25, -0.2) is 4.98 Å². The lowest BCUT2D eigenvalue weighted by Gasteiger charge is -2.35. The highest BCUT2D eigenvalue weighted by Crippen LogP contribution is 2.20. The molecular weight excluding hydrogens is 362 g/mol. The summed E-state index contributed by atoms with van der Waals surface area (Å²) in [6, 6.07) is 14.8. The van der Waals surface area contributed by atoms with E-state index in [0.717, 1.165) is 57.2 Å². The molecule has 0 N–H and O–H groups in total. The highest BCUT2D eigenvalue weighted by atomic mass is 15.3. The van der Waals surface area contributed by atoms with Crippen molar-refractivity contribution < 1.29 is 0 Å². The third-order valence-electron chi connectivity index (χ3n) is 5.69. The Morgan fingerprint density at radius 1 is 0.862 bits per heavy atom. The summed E-state index contributed by atoms with van der Waals surface area (Å²) in [5, 5.41) is 9.09. The molecule has 0 spiro atoms. The van der Waals surface area contributed by atoms with E-state index in [-0.39, 0.29) is 0 Å². The van der Waals surface area contributed by atoms with Gasteiger partial charge in [0.15, 0.2) is 0 Å². The lowest BCUT2D eigenvalue weighted by Crippen LogP contribution is -2.47. The number of nitrogens with zero attached hydrogens (tertiary/aromatic N) is 7. The lowest BCUT2D eigenvalue weighted by atomic mass is 10.2. The lowest BCUT2D eigenvalue weighted by molar-refractivity contribution is 0.250. The highest BCUT2D eigenvalue weighted by Gasteiger charge is 2.17. The predicted octanol–water partition coefficient (Wildman–Crippen LogP) is 2.83. The van der Waals surface area contributed by atoms with Crippen LogP contribution in [-0.2, 0) is 6.54 Å². The number of hydrogen-bond donors (Lipinski definition) is 0. The number of rotatable bonds is 6. The molecule has 0 bridgehead atoms. The van der Waals surface area contributed by atoms with Crippen LogP contribution in [0.3, 0.4) is 0 Å². The van der Waals surface area contributed by atoms with E-state index in [1.54, 1.807) is 12.7 Å². The van der Waals surface area contributed by atoms with Crippen molar-refractivity contribution >= 4 is 16.7 Å². The van der Waals surface area contributed by atoms with Crippen molar-refractivity contribution in [3.63, 3.8) is 0 Å². The van der Waals surface area contributed by atoms with E-state index in [9.17, 15) is 0 Å². The van der Waals surface area contributed by atoms with Crippen molar-refractivity contribution in [2.45, 2.75) is 13.0 Å². The second-order valence-electron chi connectivity index (χ2n) is 7.49. The van der Waals surface area contributed by atoms with E-state index in [0.29, 0.717) is 0 Å². The minimum Gasteiger partial charge on any atom is -0.354 e. The zero-order valence-corrected chi connectivity index (χ0v) is 16.4. The van der Waals surface area contributed by atoms with Crippen molar-refractivity contribution in [1.82, 2.24) is 29.2 Å². The van der Waals surface area contributed by atoms with Crippen LogP contribution in [0.15, 0.2) is 67.5 Å². The van der Waals surface area contributed by atoms with Crippen LogP contribution in [0.4, 0.5) is 5.82 Å². The van der Waals surface area contributed by atoms with Gasteiger partial charge in [-0.05, 0) is 48.7 Å². The summed E-state index contributed by atoms with van der Waals surface area (Å²) in [6.45, 7) is 6.44. The van der Waals surface area contributed by atoms with E-state index in [1.165, 1.54) is 10.9 Å². The van der Waals surface area contributed by atoms with Crippen molar-refractivity contribution in [1.29, 1.82) is 0 Å². The largest absolute Gasteiger partial charge is 0.354 e. The Morgan fingerprint density at radius 2 is 1.72 bits per heavy atom. The maximum Gasteiger partial charge on any atom is 0.128 e. The van der Waals surface area contributed by atoms with E-state index in [4.69, 9.17) is 0 Å². The number of aryl methyl sites for hydroxylation is 1. The zero-order valence-electron chi connectivity index (χ0n) is 16.4. The number of pyridine rings is 1. The minimum atomic E-state index is 1.02. The summed E-state index contributed by atoms with van der Waals surface area (Å²) in [6.07, 6.45) is 8.68. The molecule has 4 aromatic rings. The molecule has 4 heterocycles. The minimum absolute atomic E-state index is 1.02. The average Bonchev–Trinajstić information content (AvgIpc) is 3.45. The molecule has 0 atom stereocenters. The second-order valence-corrected chi connectivity index (χ2v) is 7.49. The van der Waals surface area contributed by atoms with Gasteiger partial charge in [-0.1, -0.05) is 12.1 Å². The van der Waals surface area contributed by atoms with E-state index in [2.05, 4.69) is 72.1 Å². The Hall–Kier alpha value is -3.19. The Labute approximate surface area is 170 Å². The summed E-state index contributed by atoms with van der Waals surface area (Å²) in [4.78, 5) is 9.41. The third kappa shape index (κ3) is 3.86. The van der Waals surface area contributed by atoms with Crippen LogP contribution in [0.1, 0.15) is 6.42 Å². The van der Waals surface area contributed by atoms with Gasteiger partial charge in [-0.2, -0.15) is 0 Å². The third-order valence-corrected chi connectivity index (χ3v) is 5.69. The molecular formula is C22H25N7. The van der Waals surface area contributed by atoms with Gasteiger partial charge >= 0.3 is 0 Å². The Morgan fingerprint density at radius 3 is 2.52 bits per heavy atom. The standard InChI is InChI=1S/C22H25N7/c1-2-8-23-22(4-1)28-14-12-26(13-15-28)9-3-10-27-11-7-19-5-6-20(16-21(19)27)29-17-24-25-18-29/h1-2,4-8,11,16-18H,3,9-10,12-15H2. The summed E-state index contributed by atoms with van der Waals surface area (Å²) in [5.74, 6) is 1.09. The van der Waals surface area contributed by atoms with Crippen LogP contribution < -0.4 is 4.90 Å². The molecule has 0 unspecified atom stereocenters. The average molecular weight is 387 g/mol. The quantitative estimate of drug-likeness (QED) is 0.509. The maximum atomic E-state index is 4.47. The molecule has 1 fully saturated rings. The number of aromatic nitrogens is 5. The molecule has 29 heavy (non-hydrogen) atoms. The van der Waals surface area contributed by atoms with Crippen LogP contribution in [0.2, 0.25) is 0 Å². The molecule has 1 aliphatic heterocycles. The molecule has 1 aliphatic rings. The first-order valence-corrected chi connectivity index (χ1v) is 10.2. The van der Waals surface area contributed by atoms with Crippen molar-refractivity contribution in [3.05, 3.63) is 67.5 Å². The summed E-state index contributed by atoms with van der Waals surface area (Å²) in [5.41, 5.74) is 2.35. The van der Waals surface area contributed by atoms with Gasteiger partial charge in [0.1, 0.15) is 18.5 Å². The normalized spacial score (nSPS) is 15.2. The SMILES string of the molecule is c1ccc(N2CCN(CCCn3ccc4ccc(-n5cnnc5)cc43)CC2)nc1. The van der Waals surface area contributed by atoms with Crippen LogP contribution >= 0.6 is 0 Å². The molecule has 1 aromatic carbocycles. The van der Waals surface area contributed by atoms with Gasteiger partial charge in [0.25, 0.3) is 0 Å². The van der Waals surface area contributed by atoms with Gasteiger partial charge in [0, 0.05) is 45.1 Å². The van der Waals surface area contributed by atoms with Crippen molar-refractivity contribution in [3.8, 4) is 5.69 Å². The fourth-order valence-corrected chi connectivity index (χ4v) is 4.07. The van der Waals surface area contributed by atoms with Crippen molar-refractivity contribution in [2.24, 2.45) is 0 Å². The number of piperazine rings is 1. The second kappa shape index (κ2) is 8.05. The molecule has 1 saturated heterocycles. The first-order chi connectivity index (χ1) is 14.4. The molecule has 5 rings (SSSR count). The number of anilines is 1. The fourth-order valence-electron chi connectivity index (χ4n) is 4.07. The van der Waals surface area contributed by atoms with Gasteiger partial charge in [-0.3, -0.25) is 9.47 Å². The first-order valence-electron chi connectivity index (χ1n) is 10.2. The zero-order chi connectivity index (χ0) is 19.5. The highest BCUT2D eigenvalue weighted by molar-refractivity contribution is 5.82. The van der Waals surface area contributed by atoms with Gasteiger partial charge < -0.3 is 9.47 Å². The van der Waals surface area contributed by atoms with Gasteiger partial charge in [0.05, 0.1) is 11.2 Å². The smallest absolute Gasteiger partial charge is 0.128 e. The molecule has 3 aromatic heterocycles. The number of benzene rings is 1. The Bertz CT molecular complexity index is 1050. The van der Waals surface area contributed by atoms with Crippen LogP contribution in [0.5, 0.6) is 0 Å². The van der Waals surface area contributed by atoms with Crippen LogP contribution in [0, 0.1) is 0 Å². The topological polar surface area (TPSA) is 55.0 Å². The van der Waals surface area contributed by atoms with Crippen LogP contribution in [0.25, 0.3) is 16.6 Å². The van der Waals surface area contributed by atoms with E-state index in [1.807, 2.05) is 16.8 Å². The molecule has 0 amide bonds. The Kier molecular flexibility index (Phi) is 4.96. The summed E-state index contributed by atoms with van der Waals surface area (Å²) in [7, 11) is 0. The first kappa shape index (κ1) is 17.9. The van der Waals surface area contributed by atoms with E-state index >= 15 is 0 Å². The Balaban J connectivity index is 1.17. The fraction of sp³-hybridized carbons (Fsp3) is 0.318.